The normalized spacial score (nSPS) is 10.5. The van der Waals surface area contributed by atoms with E-state index in [0.29, 0.717) is 17.1 Å². The topological polar surface area (TPSA) is 97.5 Å². The first kappa shape index (κ1) is 14.6. The van der Waals surface area contributed by atoms with E-state index in [2.05, 4.69) is 10.3 Å². The maximum atomic E-state index is 12.3. The summed E-state index contributed by atoms with van der Waals surface area (Å²) in [6, 6.07) is 11.5. The number of nitrogens with one attached hydrogen (secondary N) is 1. The van der Waals surface area contributed by atoms with E-state index in [1.54, 1.807) is 36.5 Å². The van der Waals surface area contributed by atoms with Crippen LogP contribution < -0.4 is 15.8 Å². The highest BCUT2D eigenvalue weighted by molar-refractivity contribution is 6.07. The fourth-order valence-corrected chi connectivity index (χ4v) is 2.25. The molecule has 0 spiro atoms. The van der Waals surface area contributed by atoms with Crippen LogP contribution in [-0.2, 0) is 0 Å². The number of amides is 1. The van der Waals surface area contributed by atoms with Crippen molar-refractivity contribution in [1.82, 2.24) is 4.98 Å². The molecule has 1 aromatic heterocycles. The Balaban J connectivity index is 1.90. The summed E-state index contributed by atoms with van der Waals surface area (Å²) in [6.45, 7) is 0. The summed E-state index contributed by atoms with van der Waals surface area (Å²) >= 11 is 0. The third kappa shape index (κ3) is 3.01. The molecule has 0 bridgehead atoms. The Morgan fingerprint density at radius 1 is 1.22 bits per heavy atom. The Morgan fingerprint density at radius 3 is 2.83 bits per heavy atom. The number of aromatic nitrogens is 1. The van der Waals surface area contributed by atoms with Gasteiger partial charge in [0, 0.05) is 11.1 Å². The van der Waals surface area contributed by atoms with Crippen LogP contribution in [0.4, 0.5) is 11.4 Å². The molecule has 116 valence electrons. The summed E-state index contributed by atoms with van der Waals surface area (Å²) in [5, 5.41) is 13.4. The van der Waals surface area contributed by atoms with Crippen molar-refractivity contribution < 1.29 is 14.6 Å². The molecular formula is C17H15N3O3. The fourth-order valence-electron chi connectivity index (χ4n) is 2.25. The van der Waals surface area contributed by atoms with Crippen molar-refractivity contribution in [1.29, 1.82) is 0 Å². The summed E-state index contributed by atoms with van der Waals surface area (Å²) in [7, 11) is 1.49. The third-order valence-electron chi connectivity index (χ3n) is 3.41. The number of carbonyl (C=O) groups is 1. The Morgan fingerprint density at radius 2 is 2.04 bits per heavy atom. The van der Waals surface area contributed by atoms with E-state index < -0.39 is 5.91 Å². The van der Waals surface area contributed by atoms with Crippen LogP contribution in [0.2, 0.25) is 0 Å². The molecule has 0 aliphatic rings. The Kier molecular flexibility index (Phi) is 3.72. The minimum absolute atomic E-state index is 0.116. The van der Waals surface area contributed by atoms with Crippen LogP contribution in [0.15, 0.2) is 48.7 Å². The van der Waals surface area contributed by atoms with Crippen LogP contribution in [0, 0.1) is 0 Å². The Hall–Kier alpha value is -3.28. The molecule has 0 fully saturated rings. The van der Waals surface area contributed by atoms with E-state index in [9.17, 15) is 9.90 Å². The van der Waals surface area contributed by atoms with Crippen molar-refractivity contribution in [3.05, 3.63) is 54.2 Å². The van der Waals surface area contributed by atoms with Crippen molar-refractivity contribution in [2.45, 2.75) is 0 Å². The molecule has 6 heteroatoms. The molecule has 3 rings (SSSR count). The summed E-state index contributed by atoms with van der Waals surface area (Å²) in [5.74, 6) is -0.0592. The van der Waals surface area contributed by atoms with Gasteiger partial charge in [0.1, 0.15) is 11.5 Å². The molecule has 1 amide bonds. The lowest BCUT2D eigenvalue weighted by atomic mass is 10.1. The minimum Gasteiger partial charge on any atom is -0.507 e. The maximum Gasteiger partial charge on any atom is 0.259 e. The number of phenols is 1. The quantitative estimate of drug-likeness (QED) is 0.691. The number of nitrogens with two attached hydrogens (primary N) is 1. The molecule has 0 aliphatic heterocycles. The number of pyridine rings is 1. The standard InChI is InChI=1S/C17H15N3O3/c1-23-13-3-5-16(21)14(8-13)17(22)20-12-2-4-15-10(7-12)6-11(18)9-19-15/h2-9,21H,18H2,1H3,(H,20,22). The van der Waals surface area contributed by atoms with Crippen molar-refractivity contribution in [3.63, 3.8) is 0 Å². The molecule has 0 atom stereocenters. The number of rotatable bonds is 3. The largest absolute Gasteiger partial charge is 0.507 e. The maximum absolute atomic E-state index is 12.3. The Labute approximate surface area is 132 Å². The number of nitrogen functional groups attached to an aromatic ring is 1. The molecule has 23 heavy (non-hydrogen) atoms. The van der Waals surface area contributed by atoms with Gasteiger partial charge in [0.05, 0.1) is 30.1 Å². The van der Waals surface area contributed by atoms with Crippen molar-refractivity contribution in [2.24, 2.45) is 0 Å². The van der Waals surface area contributed by atoms with E-state index in [0.717, 1.165) is 10.9 Å². The SMILES string of the molecule is COc1ccc(O)c(C(=O)Nc2ccc3ncc(N)cc3c2)c1. The predicted molar refractivity (Wildman–Crippen MR) is 88.8 cm³/mol. The van der Waals surface area contributed by atoms with Gasteiger partial charge in [-0.3, -0.25) is 9.78 Å². The second-order valence-corrected chi connectivity index (χ2v) is 5.01. The van der Waals surface area contributed by atoms with Gasteiger partial charge in [-0.25, -0.2) is 0 Å². The van der Waals surface area contributed by atoms with E-state index >= 15 is 0 Å². The predicted octanol–water partition coefficient (Wildman–Crippen LogP) is 2.78. The number of nitrogens with zero attached hydrogens (tertiary/aromatic N) is 1. The number of phenolic OH excluding ortho intramolecular Hbond substituents is 1. The summed E-state index contributed by atoms with van der Waals surface area (Å²) in [4.78, 5) is 16.5. The van der Waals surface area contributed by atoms with Gasteiger partial charge in [-0.1, -0.05) is 0 Å². The van der Waals surface area contributed by atoms with E-state index in [1.807, 2.05) is 0 Å². The number of benzene rings is 2. The molecule has 0 radical (unpaired) electrons. The molecule has 0 saturated carbocycles. The van der Waals surface area contributed by atoms with Crippen LogP contribution in [0.25, 0.3) is 10.9 Å². The molecule has 2 aromatic carbocycles. The summed E-state index contributed by atoms with van der Waals surface area (Å²) in [6.07, 6.45) is 1.58. The lowest BCUT2D eigenvalue weighted by Gasteiger charge is -2.09. The fraction of sp³-hybridized carbons (Fsp3) is 0.0588. The molecule has 1 heterocycles. The van der Waals surface area contributed by atoms with Gasteiger partial charge in [-0.15, -0.1) is 0 Å². The van der Waals surface area contributed by atoms with E-state index in [1.165, 1.54) is 19.2 Å². The van der Waals surface area contributed by atoms with Gasteiger partial charge in [0.15, 0.2) is 0 Å². The number of carbonyl (C=O) groups excluding carboxylic acids is 1. The number of hydrogen-bond donors (Lipinski definition) is 3. The molecule has 4 N–H and O–H groups in total. The van der Waals surface area contributed by atoms with Gasteiger partial charge in [0.2, 0.25) is 0 Å². The highest BCUT2D eigenvalue weighted by Gasteiger charge is 2.13. The highest BCUT2D eigenvalue weighted by atomic mass is 16.5. The van der Waals surface area contributed by atoms with Crippen molar-refractivity contribution in [2.75, 3.05) is 18.2 Å². The summed E-state index contributed by atoms with van der Waals surface area (Å²) < 4.78 is 5.07. The second-order valence-electron chi connectivity index (χ2n) is 5.01. The molecule has 0 saturated heterocycles. The van der Waals surface area contributed by atoms with Gasteiger partial charge < -0.3 is 20.9 Å². The van der Waals surface area contributed by atoms with Gasteiger partial charge in [0.25, 0.3) is 5.91 Å². The van der Waals surface area contributed by atoms with Crippen LogP contribution in [0.3, 0.4) is 0 Å². The molecule has 0 aliphatic carbocycles. The Bertz CT molecular complexity index is 893. The summed E-state index contributed by atoms with van der Waals surface area (Å²) in [5.41, 5.74) is 7.76. The molecule has 0 unspecified atom stereocenters. The van der Waals surface area contributed by atoms with E-state index in [4.69, 9.17) is 10.5 Å². The van der Waals surface area contributed by atoms with Gasteiger partial charge in [-0.2, -0.15) is 0 Å². The second kappa shape index (κ2) is 5.84. The minimum atomic E-state index is -0.433. The zero-order valence-corrected chi connectivity index (χ0v) is 12.4. The molecular weight excluding hydrogens is 294 g/mol. The first-order chi connectivity index (χ1) is 11.1. The smallest absolute Gasteiger partial charge is 0.259 e. The molecule has 3 aromatic rings. The number of ether oxygens (including phenoxy) is 1. The first-order valence-corrected chi connectivity index (χ1v) is 6.90. The number of hydrogen-bond acceptors (Lipinski definition) is 5. The van der Waals surface area contributed by atoms with Gasteiger partial charge >= 0.3 is 0 Å². The number of methoxy groups -OCH3 is 1. The average molecular weight is 309 g/mol. The monoisotopic (exact) mass is 309 g/mol. The molecule has 6 nitrogen and oxygen atoms in total. The van der Waals surface area contributed by atoms with E-state index in [-0.39, 0.29) is 11.3 Å². The third-order valence-corrected chi connectivity index (χ3v) is 3.41. The van der Waals surface area contributed by atoms with Crippen LogP contribution in [-0.4, -0.2) is 23.1 Å². The lowest BCUT2D eigenvalue weighted by molar-refractivity contribution is 0.102. The zero-order valence-electron chi connectivity index (χ0n) is 12.4. The number of fused-ring (bicyclic) bond motifs is 1. The van der Waals surface area contributed by atoms with Crippen molar-refractivity contribution >= 4 is 28.2 Å². The van der Waals surface area contributed by atoms with Gasteiger partial charge in [-0.05, 0) is 42.5 Å². The number of aromatic hydroxyl groups is 1. The van der Waals surface area contributed by atoms with Crippen LogP contribution in [0.1, 0.15) is 10.4 Å². The van der Waals surface area contributed by atoms with Crippen LogP contribution in [0.5, 0.6) is 11.5 Å². The zero-order chi connectivity index (χ0) is 16.4. The first-order valence-electron chi connectivity index (χ1n) is 6.90. The highest BCUT2D eigenvalue weighted by Crippen LogP contribution is 2.25. The van der Waals surface area contributed by atoms with Crippen molar-refractivity contribution in [3.8, 4) is 11.5 Å². The van der Waals surface area contributed by atoms with Crippen LogP contribution >= 0.6 is 0 Å². The number of anilines is 2. The lowest BCUT2D eigenvalue weighted by Crippen LogP contribution is -2.12. The average Bonchev–Trinajstić information content (AvgIpc) is 2.54.